The van der Waals surface area contributed by atoms with E-state index in [1.807, 2.05) is 19.1 Å². The first-order valence-corrected chi connectivity index (χ1v) is 6.77. The zero-order valence-corrected chi connectivity index (χ0v) is 11.6. The molecule has 0 aliphatic rings. The van der Waals surface area contributed by atoms with Gasteiger partial charge in [0, 0.05) is 23.9 Å². The van der Waals surface area contributed by atoms with Crippen molar-refractivity contribution in [3.8, 4) is 22.4 Å². The molecule has 0 unspecified atom stereocenters. The molecule has 0 atom stereocenters. The second kappa shape index (κ2) is 5.75. The smallest absolute Gasteiger partial charge is 0.126 e. The third-order valence-corrected chi connectivity index (χ3v) is 3.20. The van der Waals surface area contributed by atoms with Crippen molar-refractivity contribution >= 4 is 5.82 Å². The highest BCUT2D eigenvalue weighted by molar-refractivity contribution is 5.81. The Balaban J connectivity index is 2.02. The third-order valence-electron chi connectivity index (χ3n) is 3.20. The van der Waals surface area contributed by atoms with Crippen LogP contribution in [0, 0.1) is 5.82 Å². The van der Waals surface area contributed by atoms with Crippen molar-refractivity contribution in [1.82, 2.24) is 15.2 Å². The quantitative estimate of drug-likeness (QED) is 0.767. The summed E-state index contributed by atoms with van der Waals surface area (Å²) in [5.41, 5.74) is 3.73. The SMILES string of the molecule is CCNc1cc(-c2cn[nH]c2-c2ccc(F)cc2)ccn1. The van der Waals surface area contributed by atoms with Crippen LogP contribution < -0.4 is 5.32 Å². The topological polar surface area (TPSA) is 53.6 Å². The molecule has 0 aliphatic heterocycles. The fourth-order valence-corrected chi connectivity index (χ4v) is 2.22. The standard InChI is InChI=1S/C16H15FN4/c1-2-18-15-9-12(7-8-19-15)14-10-20-21-16(14)11-3-5-13(17)6-4-11/h3-10H,2H2,1H3,(H,18,19)(H,20,21). The minimum absolute atomic E-state index is 0.252. The molecular formula is C16H15FN4. The largest absolute Gasteiger partial charge is 0.370 e. The van der Waals surface area contributed by atoms with E-state index in [1.54, 1.807) is 24.5 Å². The molecule has 0 aliphatic carbocycles. The summed E-state index contributed by atoms with van der Waals surface area (Å²) in [6, 6.07) is 10.3. The summed E-state index contributed by atoms with van der Waals surface area (Å²) in [6.07, 6.45) is 3.53. The van der Waals surface area contributed by atoms with Crippen LogP contribution >= 0.6 is 0 Å². The Morgan fingerprint density at radius 2 is 1.95 bits per heavy atom. The molecule has 3 rings (SSSR count). The summed E-state index contributed by atoms with van der Waals surface area (Å²) in [4.78, 5) is 4.26. The second-order valence-corrected chi connectivity index (χ2v) is 4.63. The van der Waals surface area contributed by atoms with Crippen molar-refractivity contribution < 1.29 is 4.39 Å². The molecule has 3 aromatic rings. The normalized spacial score (nSPS) is 10.6. The van der Waals surface area contributed by atoms with E-state index < -0.39 is 0 Å². The van der Waals surface area contributed by atoms with Gasteiger partial charge in [0.1, 0.15) is 11.6 Å². The van der Waals surface area contributed by atoms with E-state index >= 15 is 0 Å². The van der Waals surface area contributed by atoms with Crippen molar-refractivity contribution in [2.45, 2.75) is 6.92 Å². The van der Waals surface area contributed by atoms with E-state index in [4.69, 9.17) is 0 Å². The number of nitrogens with one attached hydrogen (secondary N) is 2. The van der Waals surface area contributed by atoms with Crippen LogP contribution in [0.15, 0.2) is 48.8 Å². The van der Waals surface area contributed by atoms with E-state index in [2.05, 4.69) is 20.5 Å². The first kappa shape index (κ1) is 13.3. The number of H-pyrrole nitrogens is 1. The van der Waals surface area contributed by atoms with E-state index in [-0.39, 0.29) is 5.82 Å². The molecule has 21 heavy (non-hydrogen) atoms. The molecule has 0 radical (unpaired) electrons. The number of aromatic amines is 1. The molecule has 0 bridgehead atoms. The Hall–Kier alpha value is -2.69. The highest BCUT2D eigenvalue weighted by atomic mass is 19.1. The van der Waals surface area contributed by atoms with Crippen LogP contribution in [0.4, 0.5) is 10.2 Å². The highest BCUT2D eigenvalue weighted by Gasteiger charge is 2.10. The van der Waals surface area contributed by atoms with Gasteiger partial charge in [0.15, 0.2) is 0 Å². The Kier molecular flexibility index (Phi) is 3.64. The van der Waals surface area contributed by atoms with Gasteiger partial charge < -0.3 is 5.32 Å². The highest BCUT2D eigenvalue weighted by Crippen LogP contribution is 2.30. The summed E-state index contributed by atoms with van der Waals surface area (Å²) in [5, 5.41) is 10.3. The molecule has 4 nitrogen and oxygen atoms in total. The lowest BCUT2D eigenvalue weighted by atomic mass is 10.0. The summed E-state index contributed by atoms with van der Waals surface area (Å²) in [6.45, 7) is 2.84. The summed E-state index contributed by atoms with van der Waals surface area (Å²) in [7, 11) is 0. The first-order chi connectivity index (χ1) is 10.3. The monoisotopic (exact) mass is 282 g/mol. The minimum Gasteiger partial charge on any atom is -0.370 e. The Morgan fingerprint density at radius 3 is 2.71 bits per heavy atom. The maximum absolute atomic E-state index is 13.0. The van der Waals surface area contributed by atoms with Gasteiger partial charge in [-0.05, 0) is 48.9 Å². The summed E-state index contributed by atoms with van der Waals surface area (Å²) >= 11 is 0. The predicted molar refractivity (Wildman–Crippen MR) is 81.4 cm³/mol. The van der Waals surface area contributed by atoms with Crippen molar-refractivity contribution in [2.75, 3.05) is 11.9 Å². The summed E-state index contributed by atoms with van der Waals surface area (Å²) < 4.78 is 13.0. The van der Waals surface area contributed by atoms with Gasteiger partial charge in [-0.2, -0.15) is 5.10 Å². The molecule has 0 fully saturated rings. The van der Waals surface area contributed by atoms with Crippen molar-refractivity contribution in [3.05, 3.63) is 54.6 Å². The van der Waals surface area contributed by atoms with Crippen LogP contribution in [0.1, 0.15) is 6.92 Å². The number of pyridine rings is 1. The molecule has 1 aromatic carbocycles. The molecule has 2 heterocycles. The molecule has 0 amide bonds. The van der Waals surface area contributed by atoms with Crippen LogP contribution in [0.2, 0.25) is 0 Å². The average Bonchev–Trinajstić information content (AvgIpc) is 2.98. The first-order valence-electron chi connectivity index (χ1n) is 6.77. The van der Waals surface area contributed by atoms with Crippen molar-refractivity contribution in [3.63, 3.8) is 0 Å². The number of hydrogen-bond acceptors (Lipinski definition) is 3. The van der Waals surface area contributed by atoms with Gasteiger partial charge in [0.2, 0.25) is 0 Å². The van der Waals surface area contributed by atoms with E-state index in [9.17, 15) is 4.39 Å². The van der Waals surface area contributed by atoms with Crippen LogP contribution in [-0.4, -0.2) is 21.7 Å². The van der Waals surface area contributed by atoms with Crippen molar-refractivity contribution in [1.29, 1.82) is 0 Å². The van der Waals surface area contributed by atoms with Gasteiger partial charge in [0.05, 0.1) is 11.9 Å². The molecule has 5 heteroatoms. The predicted octanol–water partition coefficient (Wildman–Crippen LogP) is 3.71. The van der Waals surface area contributed by atoms with E-state index in [0.29, 0.717) is 0 Å². The van der Waals surface area contributed by atoms with Gasteiger partial charge >= 0.3 is 0 Å². The summed E-state index contributed by atoms with van der Waals surface area (Å²) in [5.74, 6) is 0.569. The second-order valence-electron chi connectivity index (χ2n) is 4.63. The third kappa shape index (κ3) is 2.76. The lowest BCUT2D eigenvalue weighted by molar-refractivity contribution is 0.628. The lowest BCUT2D eigenvalue weighted by Gasteiger charge is -2.06. The minimum atomic E-state index is -0.252. The van der Waals surface area contributed by atoms with Gasteiger partial charge in [-0.25, -0.2) is 9.37 Å². The van der Waals surface area contributed by atoms with Gasteiger partial charge in [-0.3, -0.25) is 5.10 Å². The molecule has 2 aromatic heterocycles. The van der Waals surface area contributed by atoms with Crippen LogP contribution in [0.25, 0.3) is 22.4 Å². The molecule has 0 spiro atoms. The zero-order valence-electron chi connectivity index (χ0n) is 11.6. The number of anilines is 1. The van der Waals surface area contributed by atoms with E-state index in [1.165, 1.54) is 12.1 Å². The van der Waals surface area contributed by atoms with Crippen LogP contribution in [0.3, 0.4) is 0 Å². The molecular weight excluding hydrogens is 267 g/mol. The van der Waals surface area contributed by atoms with Crippen LogP contribution in [-0.2, 0) is 0 Å². The lowest BCUT2D eigenvalue weighted by Crippen LogP contribution is -1.98. The van der Waals surface area contributed by atoms with Gasteiger partial charge in [-0.1, -0.05) is 0 Å². The Morgan fingerprint density at radius 1 is 1.14 bits per heavy atom. The molecule has 0 saturated heterocycles. The fourth-order valence-electron chi connectivity index (χ4n) is 2.22. The molecule has 2 N–H and O–H groups in total. The Labute approximate surface area is 122 Å². The van der Waals surface area contributed by atoms with Gasteiger partial charge in [0.25, 0.3) is 0 Å². The number of hydrogen-bond donors (Lipinski definition) is 2. The fraction of sp³-hybridized carbons (Fsp3) is 0.125. The number of benzene rings is 1. The zero-order chi connectivity index (χ0) is 14.7. The van der Waals surface area contributed by atoms with Crippen molar-refractivity contribution in [2.24, 2.45) is 0 Å². The van der Waals surface area contributed by atoms with Gasteiger partial charge in [-0.15, -0.1) is 0 Å². The molecule has 106 valence electrons. The maximum atomic E-state index is 13.0. The van der Waals surface area contributed by atoms with E-state index in [0.717, 1.165) is 34.7 Å². The Bertz CT molecular complexity index is 734. The number of rotatable bonds is 4. The van der Waals surface area contributed by atoms with Crippen LogP contribution in [0.5, 0.6) is 0 Å². The average molecular weight is 282 g/mol. The number of halogens is 1. The number of aromatic nitrogens is 3. The maximum Gasteiger partial charge on any atom is 0.126 e. The molecule has 0 saturated carbocycles. The number of nitrogens with zero attached hydrogens (tertiary/aromatic N) is 2.